The van der Waals surface area contributed by atoms with E-state index in [9.17, 15) is 0 Å². The van der Waals surface area contributed by atoms with Crippen molar-refractivity contribution in [2.45, 2.75) is 46.1 Å². The minimum absolute atomic E-state index is 0.531. The summed E-state index contributed by atoms with van der Waals surface area (Å²) in [6.07, 6.45) is 2.25. The average Bonchev–Trinajstić information content (AvgIpc) is 2.69. The summed E-state index contributed by atoms with van der Waals surface area (Å²) in [7, 11) is 1.73. The molecule has 0 amide bonds. The molecule has 0 spiro atoms. The van der Waals surface area contributed by atoms with Gasteiger partial charge >= 0.3 is 0 Å². The Balaban J connectivity index is 2.60. The van der Waals surface area contributed by atoms with Gasteiger partial charge in [0.2, 0.25) is 0 Å². The van der Waals surface area contributed by atoms with Gasteiger partial charge in [-0.3, -0.25) is 0 Å². The summed E-state index contributed by atoms with van der Waals surface area (Å²) in [6, 6.07) is 0. The van der Waals surface area contributed by atoms with Crippen LogP contribution < -0.4 is 5.32 Å². The summed E-state index contributed by atoms with van der Waals surface area (Å²) in [4.78, 5) is 6.14. The van der Waals surface area contributed by atoms with Gasteiger partial charge in [0.05, 0.1) is 17.3 Å². The second-order valence-corrected chi connectivity index (χ2v) is 5.61. The molecule has 0 aromatic carbocycles. The summed E-state index contributed by atoms with van der Waals surface area (Å²) in [5, 5.41) is 4.66. The molecule has 1 rings (SSSR count). The molecule has 3 nitrogen and oxygen atoms in total. The largest absolute Gasteiger partial charge is 0.383 e. The molecule has 0 fully saturated rings. The highest BCUT2D eigenvalue weighted by Gasteiger charge is 2.12. The average molecular weight is 256 g/mol. The molecule has 0 saturated heterocycles. The lowest BCUT2D eigenvalue weighted by Gasteiger charge is -2.03. The lowest BCUT2D eigenvalue weighted by molar-refractivity contribution is 0.199. The fourth-order valence-electron chi connectivity index (χ4n) is 1.60. The van der Waals surface area contributed by atoms with Gasteiger partial charge < -0.3 is 10.1 Å². The van der Waals surface area contributed by atoms with Crippen LogP contribution in [-0.2, 0) is 17.7 Å². The van der Waals surface area contributed by atoms with Gasteiger partial charge in [0.25, 0.3) is 0 Å². The van der Waals surface area contributed by atoms with E-state index in [1.165, 1.54) is 15.6 Å². The normalized spacial score (nSPS) is 11.4. The molecular formula is C13H24N2OS. The molecule has 0 atom stereocenters. The molecule has 0 aliphatic rings. The standard InChI is InChI=1S/C13H24N2OS/c1-5-6-11-12(9-14-7-8-16-4)17-13(15-11)10(2)3/h10,14H,5-9H2,1-4H3. The van der Waals surface area contributed by atoms with E-state index in [1.807, 2.05) is 11.3 Å². The zero-order valence-corrected chi connectivity index (χ0v) is 12.2. The lowest BCUT2D eigenvalue weighted by atomic mass is 10.2. The van der Waals surface area contributed by atoms with Gasteiger partial charge in [-0.2, -0.15) is 0 Å². The molecule has 1 N–H and O–H groups in total. The first-order valence-corrected chi connectivity index (χ1v) is 7.18. The van der Waals surface area contributed by atoms with Crippen LogP contribution in [0.4, 0.5) is 0 Å². The van der Waals surface area contributed by atoms with Crippen molar-refractivity contribution in [2.24, 2.45) is 0 Å². The van der Waals surface area contributed by atoms with E-state index in [0.29, 0.717) is 5.92 Å². The van der Waals surface area contributed by atoms with Crippen LogP contribution in [-0.4, -0.2) is 25.2 Å². The molecule has 0 radical (unpaired) electrons. The molecule has 0 bridgehead atoms. The molecule has 0 aliphatic carbocycles. The minimum atomic E-state index is 0.531. The molecular weight excluding hydrogens is 232 g/mol. The smallest absolute Gasteiger partial charge is 0.0957 e. The van der Waals surface area contributed by atoms with Crippen LogP contribution in [0.2, 0.25) is 0 Å². The van der Waals surface area contributed by atoms with E-state index in [2.05, 4.69) is 26.1 Å². The van der Waals surface area contributed by atoms with Crippen molar-refractivity contribution in [1.29, 1.82) is 0 Å². The van der Waals surface area contributed by atoms with Gasteiger partial charge in [-0.15, -0.1) is 11.3 Å². The molecule has 1 aromatic heterocycles. The molecule has 17 heavy (non-hydrogen) atoms. The summed E-state index contributed by atoms with van der Waals surface area (Å²) < 4.78 is 5.03. The molecule has 98 valence electrons. The number of hydrogen-bond donors (Lipinski definition) is 1. The van der Waals surface area contributed by atoms with E-state index in [1.54, 1.807) is 7.11 Å². The molecule has 1 heterocycles. The summed E-state index contributed by atoms with van der Waals surface area (Å²) in [5.41, 5.74) is 1.28. The lowest BCUT2D eigenvalue weighted by Crippen LogP contribution is -2.18. The maximum atomic E-state index is 5.03. The van der Waals surface area contributed by atoms with Gasteiger partial charge in [-0.1, -0.05) is 27.2 Å². The molecule has 0 unspecified atom stereocenters. The highest BCUT2D eigenvalue weighted by molar-refractivity contribution is 7.11. The van der Waals surface area contributed by atoms with Crippen LogP contribution in [0, 0.1) is 0 Å². The number of nitrogens with one attached hydrogen (secondary N) is 1. The number of methoxy groups -OCH3 is 1. The van der Waals surface area contributed by atoms with Gasteiger partial charge in [0.15, 0.2) is 0 Å². The van der Waals surface area contributed by atoms with E-state index >= 15 is 0 Å². The Bertz CT molecular complexity index is 323. The van der Waals surface area contributed by atoms with E-state index in [0.717, 1.165) is 32.5 Å². The number of ether oxygens (including phenoxy) is 1. The van der Waals surface area contributed by atoms with Crippen molar-refractivity contribution in [3.63, 3.8) is 0 Å². The second kappa shape index (κ2) is 7.80. The Morgan fingerprint density at radius 2 is 2.18 bits per heavy atom. The number of hydrogen-bond acceptors (Lipinski definition) is 4. The van der Waals surface area contributed by atoms with Crippen molar-refractivity contribution in [3.05, 3.63) is 15.6 Å². The summed E-state index contributed by atoms with van der Waals surface area (Å²) in [6.45, 7) is 9.20. The maximum absolute atomic E-state index is 5.03. The van der Waals surface area contributed by atoms with Crippen LogP contribution in [0.25, 0.3) is 0 Å². The molecule has 1 aromatic rings. The monoisotopic (exact) mass is 256 g/mol. The highest BCUT2D eigenvalue weighted by atomic mass is 32.1. The third kappa shape index (κ3) is 4.74. The van der Waals surface area contributed by atoms with Crippen molar-refractivity contribution in [1.82, 2.24) is 10.3 Å². The van der Waals surface area contributed by atoms with Crippen molar-refractivity contribution in [2.75, 3.05) is 20.3 Å². The van der Waals surface area contributed by atoms with Crippen molar-refractivity contribution >= 4 is 11.3 Å². The van der Waals surface area contributed by atoms with Gasteiger partial charge in [-0.05, 0) is 6.42 Å². The maximum Gasteiger partial charge on any atom is 0.0957 e. The fourth-order valence-corrected chi connectivity index (χ4v) is 2.68. The van der Waals surface area contributed by atoms with E-state index in [-0.39, 0.29) is 0 Å². The number of thiazole rings is 1. The number of aryl methyl sites for hydroxylation is 1. The van der Waals surface area contributed by atoms with Crippen LogP contribution in [0.5, 0.6) is 0 Å². The zero-order valence-electron chi connectivity index (χ0n) is 11.4. The fraction of sp³-hybridized carbons (Fsp3) is 0.769. The Morgan fingerprint density at radius 1 is 1.41 bits per heavy atom. The number of aromatic nitrogens is 1. The SMILES string of the molecule is CCCc1nc(C(C)C)sc1CNCCOC. The predicted molar refractivity (Wildman–Crippen MR) is 73.8 cm³/mol. The van der Waals surface area contributed by atoms with Crippen LogP contribution in [0.15, 0.2) is 0 Å². The minimum Gasteiger partial charge on any atom is -0.383 e. The third-order valence-corrected chi connectivity index (χ3v) is 3.94. The van der Waals surface area contributed by atoms with Crippen LogP contribution >= 0.6 is 11.3 Å². The first-order valence-electron chi connectivity index (χ1n) is 6.37. The quantitative estimate of drug-likeness (QED) is 0.726. The zero-order chi connectivity index (χ0) is 12.7. The molecule has 0 saturated carbocycles. The van der Waals surface area contributed by atoms with Gasteiger partial charge in [-0.25, -0.2) is 4.98 Å². The Morgan fingerprint density at radius 3 is 2.76 bits per heavy atom. The molecule has 0 aliphatic heterocycles. The third-order valence-electron chi connectivity index (χ3n) is 2.54. The van der Waals surface area contributed by atoms with Crippen LogP contribution in [0.3, 0.4) is 0 Å². The number of rotatable bonds is 8. The first-order chi connectivity index (χ1) is 8.19. The first kappa shape index (κ1) is 14.6. The van der Waals surface area contributed by atoms with Crippen molar-refractivity contribution in [3.8, 4) is 0 Å². The highest BCUT2D eigenvalue weighted by Crippen LogP contribution is 2.25. The summed E-state index contributed by atoms with van der Waals surface area (Å²) in [5.74, 6) is 0.531. The molecule has 4 heteroatoms. The van der Waals surface area contributed by atoms with E-state index in [4.69, 9.17) is 9.72 Å². The number of nitrogens with zero attached hydrogens (tertiary/aromatic N) is 1. The van der Waals surface area contributed by atoms with Crippen LogP contribution in [0.1, 0.15) is 48.7 Å². The Hall–Kier alpha value is -0.450. The predicted octanol–water partition coefficient (Wildman–Crippen LogP) is 2.96. The van der Waals surface area contributed by atoms with Gasteiger partial charge in [0.1, 0.15) is 0 Å². The van der Waals surface area contributed by atoms with Crippen molar-refractivity contribution < 1.29 is 4.74 Å². The topological polar surface area (TPSA) is 34.2 Å². The Labute approximate surface area is 109 Å². The van der Waals surface area contributed by atoms with Gasteiger partial charge in [0, 0.05) is 31.0 Å². The second-order valence-electron chi connectivity index (χ2n) is 4.50. The Kier molecular flexibility index (Phi) is 6.70. The summed E-state index contributed by atoms with van der Waals surface area (Å²) >= 11 is 1.85. The van der Waals surface area contributed by atoms with E-state index < -0.39 is 0 Å².